The third-order valence-corrected chi connectivity index (χ3v) is 5.02. The van der Waals surface area contributed by atoms with E-state index < -0.39 is 4.92 Å². The number of benzene rings is 1. The second-order valence-corrected chi connectivity index (χ2v) is 6.97. The molecule has 0 unspecified atom stereocenters. The normalized spacial score (nSPS) is 15.0. The van der Waals surface area contributed by atoms with Crippen LogP contribution in [-0.2, 0) is 6.42 Å². The monoisotopic (exact) mass is 361 g/mol. The molecule has 1 fully saturated rings. The zero-order chi connectivity index (χ0) is 17.6. The van der Waals surface area contributed by atoms with Crippen molar-refractivity contribution in [3.63, 3.8) is 0 Å². The smallest absolute Gasteiger partial charge is 0.269 e. The molecule has 9 heteroatoms. The number of anilines is 1. The molecule has 25 heavy (non-hydrogen) atoms. The fourth-order valence-electron chi connectivity index (χ4n) is 2.75. The maximum absolute atomic E-state index is 12.2. The van der Waals surface area contributed by atoms with Crippen LogP contribution in [0.4, 0.5) is 10.8 Å². The van der Waals surface area contributed by atoms with Gasteiger partial charge in [-0.05, 0) is 38.1 Å². The lowest BCUT2D eigenvalue weighted by molar-refractivity contribution is -0.384. The van der Waals surface area contributed by atoms with Crippen LogP contribution in [0.2, 0.25) is 0 Å². The van der Waals surface area contributed by atoms with Crippen molar-refractivity contribution < 1.29 is 9.72 Å². The van der Waals surface area contributed by atoms with Crippen LogP contribution >= 0.6 is 11.3 Å². The Morgan fingerprint density at radius 1 is 1.20 bits per heavy atom. The molecule has 3 rings (SSSR count). The highest BCUT2D eigenvalue weighted by Gasteiger charge is 2.14. The van der Waals surface area contributed by atoms with Crippen molar-refractivity contribution in [2.45, 2.75) is 25.7 Å². The summed E-state index contributed by atoms with van der Waals surface area (Å²) in [6, 6.07) is 5.45. The largest absolute Gasteiger partial charge is 0.303 e. The van der Waals surface area contributed by atoms with E-state index in [2.05, 4.69) is 20.4 Å². The number of nitro benzene ring substituents is 1. The average molecular weight is 361 g/mol. The number of nitro groups is 1. The Labute approximate surface area is 149 Å². The van der Waals surface area contributed by atoms with E-state index >= 15 is 0 Å². The van der Waals surface area contributed by atoms with Crippen LogP contribution in [-0.4, -0.2) is 45.6 Å². The molecule has 0 aliphatic carbocycles. The fraction of sp³-hybridized carbons (Fsp3) is 0.438. The highest BCUT2D eigenvalue weighted by Crippen LogP contribution is 2.19. The van der Waals surface area contributed by atoms with Crippen LogP contribution < -0.4 is 5.32 Å². The molecule has 0 saturated carbocycles. The molecular formula is C16H19N5O3S. The predicted molar refractivity (Wildman–Crippen MR) is 95.0 cm³/mol. The Balaban J connectivity index is 1.53. The number of hydrogen-bond acceptors (Lipinski definition) is 7. The lowest BCUT2D eigenvalue weighted by atomic mass is 10.1. The molecule has 2 aromatic rings. The van der Waals surface area contributed by atoms with Crippen LogP contribution in [0.5, 0.6) is 0 Å². The first-order chi connectivity index (χ1) is 12.1. The third kappa shape index (κ3) is 4.80. The highest BCUT2D eigenvalue weighted by atomic mass is 32.1. The molecule has 0 atom stereocenters. The minimum absolute atomic E-state index is 0.0486. The summed E-state index contributed by atoms with van der Waals surface area (Å²) in [6.45, 7) is 3.25. The van der Waals surface area contributed by atoms with E-state index in [4.69, 9.17) is 0 Å². The lowest BCUT2D eigenvalue weighted by Crippen LogP contribution is -2.31. The Kier molecular flexibility index (Phi) is 5.67. The molecule has 8 nitrogen and oxygen atoms in total. The minimum atomic E-state index is -0.499. The zero-order valence-corrected chi connectivity index (χ0v) is 14.5. The maximum atomic E-state index is 12.2. The maximum Gasteiger partial charge on any atom is 0.269 e. The van der Waals surface area contributed by atoms with Gasteiger partial charge in [0.1, 0.15) is 5.01 Å². The molecule has 132 valence electrons. The van der Waals surface area contributed by atoms with Crippen molar-refractivity contribution in [3.05, 3.63) is 45.0 Å². The van der Waals surface area contributed by atoms with E-state index in [9.17, 15) is 14.9 Å². The van der Waals surface area contributed by atoms with Crippen LogP contribution in [0, 0.1) is 10.1 Å². The SMILES string of the molecule is O=C(Nc1nnc(CCN2CCCCC2)s1)c1ccc([N+](=O)[O-])cc1. The van der Waals surface area contributed by atoms with Crippen molar-refractivity contribution in [2.75, 3.05) is 25.0 Å². The number of aromatic nitrogens is 2. The number of carbonyl (C=O) groups excluding carboxylic acids is 1. The molecule has 1 aromatic heterocycles. The molecule has 1 aliphatic rings. The van der Waals surface area contributed by atoms with Crippen molar-refractivity contribution in [3.8, 4) is 0 Å². The van der Waals surface area contributed by atoms with Gasteiger partial charge in [0.2, 0.25) is 5.13 Å². The van der Waals surface area contributed by atoms with Gasteiger partial charge in [-0.15, -0.1) is 10.2 Å². The molecule has 0 spiro atoms. The summed E-state index contributed by atoms with van der Waals surface area (Å²) < 4.78 is 0. The number of rotatable bonds is 6. The summed E-state index contributed by atoms with van der Waals surface area (Å²) >= 11 is 1.36. The van der Waals surface area contributed by atoms with E-state index in [0.717, 1.165) is 31.1 Å². The number of hydrogen-bond donors (Lipinski definition) is 1. The number of amides is 1. The summed E-state index contributed by atoms with van der Waals surface area (Å²) in [5.74, 6) is -0.353. The second-order valence-electron chi connectivity index (χ2n) is 5.91. The van der Waals surface area contributed by atoms with E-state index in [1.165, 1.54) is 54.9 Å². The van der Waals surface area contributed by atoms with Crippen LogP contribution in [0.1, 0.15) is 34.6 Å². The van der Waals surface area contributed by atoms with Crippen LogP contribution in [0.25, 0.3) is 0 Å². The van der Waals surface area contributed by atoms with Crippen molar-refractivity contribution in [2.24, 2.45) is 0 Å². The van der Waals surface area contributed by atoms with Gasteiger partial charge in [-0.3, -0.25) is 20.2 Å². The summed E-state index contributed by atoms with van der Waals surface area (Å²) in [5, 5.41) is 22.8. The first-order valence-corrected chi connectivity index (χ1v) is 9.04. The zero-order valence-electron chi connectivity index (χ0n) is 13.7. The molecule has 1 saturated heterocycles. The van der Waals surface area contributed by atoms with E-state index in [0.29, 0.717) is 10.7 Å². The quantitative estimate of drug-likeness (QED) is 0.627. The van der Waals surface area contributed by atoms with E-state index in [1.807, 2.05) is 0 Å². The van der Waals surface area contributed by atoms with Crippen molar-refractivity contribution in [1.82, 2.24) is 15.1 Å². The Morgan fingerprint density at radius 2 is 1.92 bits per heavy atom. The highest BCUT2D eigenvalue weighted by molar-refractivity contribution is 7.15. The summed E-state index contributed by atoms with van der Waals surface area (Å²) in [4.78, 5) is 24.7. The van der Waals surface area contributed by atoms with Gasteiger partial charge in [-0.25, -0.2) is 0 Å². The van der Waals surface area contributed by atoms with Gasteiger partial charge in [0.25, 0.3) is 11.6 Å². The summed E-state index contributed by atoms with van der Waals surface area (Å²) in [6.07, 6.45) is 4.65. The molecule has 1 amide bonds. The average Bonchev–Trinajstić information content (AvgIpc) is 3.08. The third-order valence-electron chi connectivity index (χ3n) is 4.12. The topological polar surface area (TPSA) is 101 Å². The number of nitrogens with one attached hydrogen (secondary N) is 1. The minimum Gasteiger partial charge on any atom is -0.303 e. The Bertz CT molecular complexity index is 740. The number of likely N-dealkylation sites (tertiary alicyclic amines) is 1. The number of piperidine rings is 1. The number of carbonyl (C=O) groups is 1. The first-order valence-electron chi connectivity index (χ1n) is 8.22. The van der Waals surface area contributed by atoms with Crippen LogP contribution in [0.15, 0.2) is 24.3 Å². The lowest BCUT2D eigenvalue weighted by Gasteiger charge is -2.25. The van der Waals surface area contributed by atoms with Crippen LogP contribution in [0.3, 0.4) is 0 Å². The molecule has 0 radical (unpaired) electrons. The Hall–Kier alpha value is -2.39. The molecule has 1 N–H and O–H groups in total. The molecule has 1 aromatic carbocycles. The number of nitrogens with zero attached hydrogens (tertiary/aromatic N) is 4. The van der Waals surface area contributed by atoms with Gasteiger partial charge in [0.05, 0.1) is 4.92 Å². The van der Waals surface area contributed by atoms with E-state index in [-0.39, 0.29) is 11.6 Å². The van der Waals surface area contributed by atoms with Gasteiger partial charge in [0.15, 0.2) is 0 Å². The second kappa shape index (κ2) is 8.13. The van der Waals surface area contributed by atoms with Gasteiger partial charge < -0.3 is 4.90 Å². The Morgan fingerprint density at radius 3 is 2.60 bits per heavy atom. The standard InChI is InChI=1S/C16H19N5O3S/c22-15(12-4-6-13(7-5-12)21(23)24)17-16-19-18-14(25-16)8-11-20-9-2-1-3-10-20/h4-7H,1-3,8-11H2,(H,17,19,22). The summed E-state index contributed by atoms with van der Waals surface area (Å²) in [5.41, 5.74) is 0.295. The number of non-ortho nitro benzene ring substituents is 1. The van der Waals surface area contributed by atoms with Gasteiger partial charge in [0, 0.05) is 30.7 Å². The molecule has 0 bridgehead atoms. The molecule has 1 aliphatic heterocycles. The molecular weight excluding hydrogens is 342 g/mol. The predicted octanol–water partition coefficient (Wildman–Crippen LogP) is 2.73. The van der Waals surface area contributed by atoms with Crippen molar-refractivity contribution in [1.29, 1.82) is 0 Å². The van der Waals surface area contributed by atoms with Gasteiger partial charge >= 0.3 is 0 Å². The fourth-order valence-corrected chi connectivity index (χ4v) is 3.47. The van der Waals surface area contributed by atoms with Gasteiger partial charge in [-0.1, -0.05) is 17.8 Å². The van der Waals surface area contributed by atoms with Crippen molar-refractivity contribution >= 4 is 28.1 Å². The van der Waals surface area contributed by atoms with Gasteiger partial charge in [-0.2, -0.15) is 0 Å². The van der Waals surface area contributed by atoms with E-state index in [1.54, 1.807) is 0 Å². The molecule has 2 heterocycles. The first kappa shape index (κ1) is 17.4. The summed E-state index contributed by atoms with van der Waals surface area (Å²) in [7, 11) is 0.